The molecule has 0 bridgehead atoms. The fourth-order valence-electron chi connectivity index (χ4n) is 1.83. The molecular formula is C14H15Cl2NS. The molecule has 0 aliphatic heterocycles. The van der Waals surface area contributed by atoms with Crippen LogP contribution in [-0.4, -0.2) is 0 Å². The summed E-state index contributed by atoms with van der Waals surface area (Å²) in [5.41, 5.74) is 7.23. The van der Waals surface area contributed by atoms with Crippen molar-refractivity contribution in [2.45, 2.75) is 25.8 Å². The molecule has 0 saturated heterocycles. The van der Waals surface area contributed by atoms with Gasteiger partial charge >= 0.3 is 0 Å². The lowest BCUT2D eigenvalue weighted by Crippen LogP contribution is -2.12. The molecule has 0 fully saturated rings. The average Bonchev–Trinajstić information content (AvgIpc) is 2.83. The van der Waals surface area contributed by atoms with E-state index < -0.39 is 0 Å². The third-order valence-electron chi connectivity index (χ3n) is 2.87. The van der Waals surface area contributed by atoms with E-state index in [1.165, 1.54) is 9.75 Å². The fourth-order valence-corrected chi connectivity index (χ4v) is 3.18. The highest BCUT2D eigenvalue weighted by molar-refractivity contribution is 7.12. The maximum atomic E-state index is 6.22. The molecular weight excluding hydrogens is 285 g/mol. The van der Waals surface area contributed by atoms with Crippen molar-refractivity contribution in [1.29, 1.82) is 0 Å². The molecule has 2 N–H and O–H groups in total. The van der Waals surface area contributed by atoms with Crippen molar-refractivity contribution in [3.8, 4) is 0 Å². The van der Waals surface area contributed by atoms with Crippen LogP contribution in [0.2, 0.25) is 10.0 Å². The van der Waals surface area contributed by atoms with Crippen molar-refractivity contribution < 1.29 is 0 Å². The van der Waals surface area contributed by atoms with Crippen LogP contribution in [0.1, 0.15) is 28.3 Å². The zero-order valence-electron chi connectivity index (χ0n) is 10.1. The minimum Gasteiger partial charge on any atom is -0.323 e. The number of hydrogen-bond acceptors (Lipinski definition) is 2. The molecule has 18 heavy (non-hydrogen) atoms. The maximum Gasteiger partial charge on any atom is 0.0624 e. The van der Waals surface area contributed by atoms with Crippen molar-refractivity contribution >= 4 is 34.5 Å². The van der Waals surface area contributed by atoms with Crippen LogP contribution in [0.5, 0.6) is 0 Å². The van der Waals surface area contributed by atoms with Crippen LogP contribution in [0, 0.1) is 0 Å². The van der Waals surface area contributed by atoms with E-state index in [-0.39, 0.29) is 6.04 Å². The van der Waals surface area contributed by atoms with E-state index in [4.69, 9.17) is 28.9 Å². The number of aryl methyl sites for hydroxylation is 1. The second-order valence-corrected chi connectivity index (χ2v) is 6.17. The molecule has 1 aromatic heterocycles. The van der Waals surface area contributed by atoms with Gasteiger partial charge in [0.1, 0.15) is 0 Å². The smallest absolute Gasteiger partial charge is 0.0624 e. The number of halogens is 2. The van der Waals surface area contributed by atoms with Gasteiger partial charge in [-0.1, -0.05) is 42.3 Å². The first-order chi connectivity index (χ1) is 8.61. The normalized spacial score (nSPS) is 12.7. The van der Waals surface area contributed by atoms with Gasteiger partial charge in [0.05, 0.1) is 10.0 Å². The first-order valence-corrected chi connectivity index (χ1v) is 7.46. The van der Waals surface area contributed by atoms with Crippen LogP contribution in [0.15, 0.2) is 30.3 Å². The molecule has 1 aromatic carbocycles. The van der Waals surface area contributed by atoms with Gasteiger partial charge in [-0.3, -0.25) is 0 Å². The van der Waals surface area contributed by atoms with Crippen molar-refractivity contribution in [2.24, 2.45) is 5.73 Å². The summed E-state index contributed by atoms with van der Waals surface area (Å²) in [6.45, 7) is 2.15. The molecule has 0 saturated carbocycles. The molecule has 4 heteroatoms. The summed E-state index contributed by atoms with van der Waals surface area (Å²) in [7, 11) is 0. The van der Waals surface area contributed by atoms with Gasteiger partial charge in [-0.2, -0.15) is 0 Å². The summed E-state index contributed by atoms with van der Waals surface area (Å²) in [4.78, 5) is 2.56. The number of benzene rings is 1. The maximum absolute atomic E-state index is 6.22. The summed E-state index contributed by atoms with van der Waals surface area (Å²) in [5, 5.41) is 1.20. The van der Waals surface area contributed by atoms with Gasteiger partial charge < -0.3 is 5.73 Å². The first-order valence-electron chi connectivity index (χ1n) is 5.89. The van der Waals surface area contributed by atoms with Crippen LogP contribution in [0.25, 0.3) is 0 Å². The van der Waals surface area contributed by atoms with Gasteiger partial charge in [0.25, 0.3) is 0 Å². The second-order valence-electron chi connectivity index (χ2n) is 4.18. The Morgan fingerprint density at radius 2 is 2.00 bits per heavy atom. The summed E-state index contributed by atoms with van der Waals surface area (Å²) in [6, 6.07) is 9.89. The van der Waals surface area contributed by atoms with Crippen molar-refractivity contribution in [2.75, 3.05) is 0 Å². The standard InChI is InChI=1S/C14H15Cl2NS/c1-2-10-6-7-13(18-10)12(17)8-9-4-3-5-11(15)14(9)16/h3-7,12H,2,8,17H2,1H3. The molecule has 0 radical (unpaired) electrons. The number of nitrogens with two attached hydrogens (primary N) is 1. The predicted octanol–water partition coefficient (Wildman–Crippen LogP) is 4.86. The van der Waals surface area contributed by atoms with E-state index in [2.05, 4.69) is 19.1 Å². The first kappa shape index (κ1) is 13.9. The van der Waals surface area contributed by atoms with Crippen molar-refractivity contribution in [1.82, 2.24) is 0 Å². The number of rotatable bonds is 4. The molecule has 1 heterocycles. The molecule has 0 aliphatic carbocycles. The number of thiophene rings is 1. The van der Waals surface area contributed by atoms with E-state index in [1.807, 2.05) is 12.1 Å². The van der Waals surface area contributed by atoms with E-state index in [0.29, 0.717) is 16.5 Å². The van der Waals surface area contributed by atoms with Crippen molar-refractivity contribution in [3.05, 3.63) is 55.7 Å². The Morgan fingerprint density at radius 1 is 1.22 bits per heavy atom. The lowest BCUT2D eigenvalue weighted by molar-refractivity contribution is 0.737. The summed E-state index contributed by atoms with van der Waals surface area (Å²) >= 11 is 13.9. The highest BCUT2D eigenvalue weighted by atomic mass is 35.5. The Bertz CT molecular complexity index is 536. The van der Waals surface area contributed by atoms with E-state index in [1.54, 1.807) is 17.4 Å². The van der Waals surface area contributed by atoms with E-state index in [0.717, 1.165) is 12.0 Å². The highest BCUT2D eigenvalue weighted by Gasteiger charge is 2.13. The molecule has 0 spiro atoms. The average molecular weight is 300 g/mol. The van der Waals surface area contributed by atoms with Gasteiger partial charge in [0.15, 0.2) is 0 Å². The molecule has 2 aromatic rings. The summed E-state index contributed by atoms with van der Waals surface area (Å²) in [6.07, 6.45) is 1.76. The topological polar surface area (TPSA) is 26.0 Å². The lowest BCUT2D eigenvalue weighted by Gasteiger charge is -2.11. The van der Waals surface area contributed by atoms with E-state index in [9.17, 15) is 0 Å². The summed E-state index contributed by atoms with van der Waals surface area (Å²) in [5.74, 6) is 0. The Morgan fingerprint density at radius 3 is 2.67 bits per heavy atom. The largest absolute Gasteiger partial charge is 0.323 e. The third kappa shape index (κ3) is 3.07. The van der Waals surface area contributed by atoms with Crippen LogP contribution in [-0.2, 0) is 12.8 Å². The zero-order chi connectivity index (χ0) is 13.1. The van der Waals surface area contributed by atoms with Gasteiger partial charge in [0.2, 0.25) is 0 Å². The second kappa shape index (κ2) is 6.07. The van der Waals surface area contributed by atoms with Crippen LogP contribution in [0.3, 0.4) is 0 Å². The molecule has 96 valence electrons. The summed E-state index contributed by atoms with van der Waals surface area (Å²) < 4.78 is 0. The Kier molecular flexibility index (Phi) is 4.68. The monoisotopic (exact) mass is 299 g/mol. The Balaban J connectivity index is 2.15. The highest BCUT2D eigenvalue weighted by Crippen LogP contribution is 2.30. The lowest BCUT2D eigenvalue weighted by atomic mass is 10.1. The Hall–Kier alpha value is -0.540. The van der Waals surface area contributed by atoms with E-state index >= 15 is 0 Å². The molecule has 1 atom stereocenters. The molecule has 1 nitrogen and oxygen atoms in total. The Labute approximate surface area is 122 Å². The SMILES string of the molecule is CCc1ccc(C(N)Cc2cccc(Cl)c2Cl)s1. The number of hydrogen-bond donors (Lipinski definition) is 1. The quantitative estimate of drug-likeness (QED) is 0.857. The predicted molar refractivity (Wildman–Crippen MR) is 80.8 cm³/mol. The third-order valence-corrected chi connectivity index (χ3v) is 5.09. The molecule has 2 rings (SSSR count). The van der Waals surface area contributed by atoms with Gasteiger partial charge in [-0.05, 0) is 36.6 Å². The van der Waals surface area contributed by atoms with Crippen LogP contribution >= 0.6 is 34.5 Å². The van der Waals surface area contributed by atoms with Crippen LogP contribution in [0.4, 0.5) is 0 Å². The molecule has 0 aliphatic rings. The zero-order valence-corrected chi connectivity index (χ0v) is 12.4. The van der Waals surface area contributed by atoms with Gasteiger partial charge in [-0.15, -0.1) is 11.3 Å². The molecule has 1 unspecified atom stereocenters. The van der Waals surface area contributed by atoms with Gasteiger partial charge in [0, 0.05) is 15.8 Å². The van der Waals surface area contributed by atoms with Gasteiger partial charge in [-0.25, -0.2) is 0 Å². The minimum absolute atomic E-state index is 0.0220. The fraction of sp³-hybridized carbons (Fsp3) is 0.286. The molecule has 0 amide bonds. The van der Waals surface area contributed by atoms with Crippen molar-refractivity contribution in [3.63, 3.8) is 0 Å². The van der Waals surface area contributed by atoms with Crippen LogP contribution < -0.4 is 5.73 Å². The minimum atomic E-state index is -0.0220.